The SMILES string of the molecule is CC1CC(C)C(C)N(C(=O)C2CNC2)C1. The molecule has 2 saturated heterocycles. The van der Waals surface area contributed by atoms with Gasteiger partial charge in [0.2, 0.25) is 5.91 Å². The number of piperidine rings is 1. The number of rotatable bonds is 1. The third-order valence-corrected chi connectivity index (χ3v) is 4.01. The second kappa shape index (κ2) is 4.12. The first-order chi connectivity index (χ1) is 7.09. The van der Waals surface area contributed by atoms with E-state index in [1.807, 2.05) is 0 Å². The van der Waals surface area contributed by atoms with Gasteiger partial charge in [-0.05, 0) is 25.2 Å². The van der Waals surface area contributed by atoms with E-state index in [1.165, 1.54) is 6.42 Å². The van der Waals surface area contributed by atoms with E-state index in [-0.39, 0.29) is 5.92 Å². The number of nitrogens with one attached hydrogen (secondary N) is 1. The molecule has 0 aliphatic carbocycles. The Morgan fingerprint density at radius 3 is 2.47 bits per heavy atom. The Morgan fingerprint density at radius 2 is 1.93 bits per heavy atom. The summed E-state index contributed by atoms with van der Waals surface area (Å²) in [6.45, 7) is 9.43. The third-order valence-electron chi connectivity index (χ3n) is 4.01. The van der Waals surface area contributed by atoms with Crippen molar-refractivity contribution in [3.8, 4) is 0 Å². The summed E-state index contributed by atoms with van der Waals surface area (Å²) in [6.07, 6.45) is 1.26. The summed E-state index contributed by atoms with van der Waals surface area (Å²) < 4.78 is 0. The van der Waals surface area contributed by atoms with E-state index in [0.29, 0.717) is 23.8 Å². The summed E-state index contributed by atoms with van der Waals surface area (Å²) in [5, 5.41) is 3.17. The Bertz CT molecular complexity index is 250. The van der Waals surface area contributed by atoms with Gasteiger partial charge in [0.15, 0.2) is 0 Å². The maximum Gasteiger partial charge on any atom is 0.228 e. The monoisotopic (exact) mass is 210 g/mol. The fraction of sp³-hybridized carbons (Fsp3) is 0.917. The van der Waals surface area contributed by atoms with Crippen molar-refractivity contribution in [1.29, 1.82) is 0 Å². The Labute approximate surface area is 92.2 Å². The van der Waals surface area contributed by atoms with Crippen molar-refractivity contribution in [2.45, 2.75) is 33.2 Å². The van der Waals surface area contributed by atoms with Crippen molar-refractivity contribution >= 4 is 5.91 Å². The molecule has 0 spiro atoms. The topological polar surface area (TPSA) is 32.3 Å². The van der Waals surface area contributed by atoms with Crippen LogP contribution in [0.2, 0.25) is 0 Å². The number of likely N-dealkylation sites (tertiary alicyclic amines) is 1. The quantitative estimate of drug-likeness (QED) is 0.703. The fourth-order valence-electron chi connectivity index (χ4n) is 2.70. The molecule has 1 N–H and O–H groups in total. The molecule has 3 nitrogen and oxygen atoms in total. The van der Waals surface area contributed by atoms with E-state index in [0.717, 1.165) is 19.6 Å². The zero-order valence-electron chi connectivity index (χ0n) is 9.99. The normalized spacial score (nSPS) is 37.5. The van der Waals surface area contributed by atoms with Gasteiger partial charge < -0.3 is 10.2 Å². The third kappa shape index (κ3) is 2.03. The summed E-state index contributed by atoms with van der Waals surface area (Å²) >= 11 is 0. The largest absolute Gasteiger partial charge is 0.339 e. The molecule has 15 heavy (non-hydrogen) atoms. The standard InChI is InChI=1S/C12H22N2O/c1-8-4-9(2)10(3)14(7-8)12(15)11-5-13-6-11/h8-11,13H,4-7H2,1-3H3. The smallest absolute Gasteiger partial charge is 0.228 e. The number of nitrogens with zero attached hydrogens (tertiary/aromatic N) is 1. The molecule has 1 amide bonds. The van der Waals surface area contributed by atoms with Crippen LogP contribution in [0.4, 0.5) is 0 Å². The summed E-state index contributed by atoms with van der Waals surface area (Å²) in [5.74, 6) is 1.93. The van der Waals surface area contributed by atoms with Crippen molar-refractivity contribution < 1.29 is 4.79 Å². The van der Waals surface area contributed by atoms with Gasteiger partial charge in [0.25, 0.3) is 0 Å². The molecular weight excluding hydrogens is 188 g/mol. The zero-order valence-corrected chi connectivity index (χ0v) is 9.99. The first-order valence-corrected chi connectivity index (χ1v) is 6.10. The number of hydrogen-bond acceptors (Lipinski definition) is 2. The van der Waals surface area contributed by atoms with Gasteiger partial charge in [0, 0.05) is 25.7 Å². The molecular formula is C12H22N2O. The minimum atomic E-state index is 0.255. The molecule has 2 fully saturated rings. The van der Waals surface area contributed by atoms with Crippen LogP contribution in [-0.4, -0.2) is 36.5 Å². The molecule has 2 aliphatic rings. The second-order valence-corrected chi connectivity index (χ2v) is 5.40. The first kappa shape index (κ1) is 10.9. The lowest BCUT2D eigenvalue weighted by Gasteiger charge is -2.44. The molecule has 2 heterocycles. The van der Waals surface area contributed by atoms with Crippen LogP contribution >= 0.6 is 0 Å². The van der Waals surface area contributed by atoms with Crippen molar-refractivity contribution in [2.75, 3.05) is 19.6 Å². The number of hydrogen-bond donors (Lipinski definition) is 1. The average molecular weight is 210 g/mol. The van der Waals surface area contributed by atoms with Crippen LogP contribution in [0.25, 0.3) is 0 Å². The number of carbonyl (C=O) groups excluding carboxylic acids is 1. The van der Waals surface area contributed by atoms with Crippen molar-refractivity contribution in [2.24, 2.45) is 17.8 Å². The van der Waals surface area contributed by atoms with Crippen LogP contribution in [0.15, 0.2) is 0 Å². The number of amides is 1. The lowest BCUT2D eigenvalue weighted by molar-refractivity contribution is -0.143. The van der Waals surface area contributed by atoms with Gasteiger partial charge >= 0.3 is 0 Å². The second-order valence-electron chi connectivity index (χ2n) is 5.40. The Kier molecular flexibility index (Phi) is 3.01. The fourth-order valence-corrected chi connectivity index (χ4v) is 2.70. The summed E-state index contributed by atoms with van der Waals surface area (Å²) in [6, 6.07) is 0.425. The van der Waals surface area contributed by atoms with Gasteiger partial charge in [-0.25, -0.2) is 0 Å². The highest BCUT2D eigenvalue weighted by Crippen LogP contribution is 2.28. The molecule has 3 atom stereocenters. The maximum absolute atomic E-state index is 12.2. The predicted octanol–water partition coefficient (Wildman–Crippen LogP) is 1.10. The van der Waals surface area contributed by atoms with Gasteiger partial charge in [0.05, 0.1) is 5.92 Å². The summed E-state index contributed by atoms with van der Waals surface area (Å²) in [7, 11) is 0. The summed E-state index contributed by atoms with van der Waals surface area (Å²) in [4.78, 5) is 14.3. The van der Waals surface area contributed by atoms with E-state index in [4.69, 9.17) is 0 Å². The minimum absolute atomic E-state index is 0.255. The molecule has 86 valence electrons. The molecule has 0 aromatic rings. The first-order valence-electron chi connectivity index (χ1n) is 6.10. The van der Waals surface area contributed by atoms with Gasteiger partial charge in [-0.3, -0.25) is 4.79 Å². The van der Waals surface area contributed by atoms with Gasteiger partial charge in [0.1, 0.15) is 0 Å². The van der Waals surface area contributed by atoms with E-state index in [1.54, 1.807) is 0 Å². The van der Waals surface area contributed by atoms with Crippen molar-refractivity contribution in [3.05, 3.63) is 0 Å². The highest BCUT2D eigenvalue weighted by atomic mass is 16.2. The van der Waals surface area contributed by atoms with Gasteiger partial charge in [-0.2, -0.15) is 0 Å². The zero-order chi connectivity index (χ0) is 11.0. The van der Waals surface area contributed by atoms with Crippen LogP contribution in [0.5, 0.6) is 0 Å². The maximum atomic E-state index is 12.2. The number of carbonyl (C=O) groups is 1. The van der Waals surface area contributed by atoms with Crippen molar-refractivity contribution in [1.82, 2.24) is 10.2 Å². The van der Waals surface area contributed by atoms with Crippen LogP contribution in [0, 0.1) is 17.8 Å². The molecule has 3 unspecified atom stereocenters. The van der Waals surface area contributed by atoms with Crippen LogP contribution < -0.4 is 5.32 Å². The van der Waals surface area contributed by atoms with E-state index in [2.05, 4.69) is 31.0 Å². The molecule has 2 rings (SSSR count). The molecule has 2 aliphatic heterocycles. The van der Waals surface area contributed by atoms with Crippen LogP contribution in [-0.2, 0) is 4.79 Å². The summed E-state index contributed by atoms with van der Waals surface area (Å²) in [5.41, 5.74) is 0. The van der Waals surface area contributed by atoms with Gasteiger partial charge in [-0.1, -0.05) is 13.8 Å². The molecule has 0 aromatic heterocycles. The Morgan fingerprint density at radius 1 is 1.27 bits per heavy atom. The van der Waals surface area contributed by atoms with Gasteiger partial charge in [-0.15, -0.1) is 0 Å². The van der Waals surface area contributed by atoms with E-state index >= 15 is 0 Å². The molecule has 0 radical (unpaired) electrons. The lowest BCUT2D eigenvalue weighted by atomic mass is 9.85. The minimum Gasteiger partial charge on any atom is -0.339 e. The predicted molar refractivity (Wildman–Crippen MR) is 60.5 cm³/mol. The highest BCUT2D eigenvalue weighted by Gasteiger charge is 2.36. The van der Waals surface area contributed by atoms with Crippen LogP contribution in [0.3, 0.4) is 0 Å². The average Bonchev–Trinajstić information content (AvgIpc) is 2.08. The Balaban J connectivity index is 2.02. The molecule has 0 saturated carbocycles. The van der Waals surface area contributed by atoms with E-state index < -0.39 is 0 Å². The van der Waals surface area contributed by atoms with Crippen LogP contribution in [0.1, 0.15) is 27.2 Å². The van der Waals surface area contributed by atoms with Crippen molar-refractivity contribution in [3.63, 3.8) is 0 Å². The molecule has 3 heteroatoms. The molecule has 0 bridgehead atoms. The molecule has 0 aromatic carbocycles. The Hall–Kier alpha value is -0.570. The highest BCUT2D eigenvalue weighted by molar-refractivity contribution is 5.80. The van der Waals surface area contributed by atoms with E-state index in [9.17, 15) is 4.79 Å². The lowest BCUT2D eigenvalue weighted by Crippen LogP contribution is -2.57.